The molecule has 0 saturated carbocycles. The maximum Gasteiger partial charge on any atom is 0.114 e. The summed E-state index contributed by atoms with van der Waals surface area (Å²) >= 11 is 0. The zero-order valence-electron chi connectivity index (χ0n) is 17.1. The molecule has 1 heterocycles. The van der Waals surface area contributed by atoms with Gasteiger partial charge in [-0.1, -0.05) is 69.5 Å². The molecule has 27 heavy (non-hydrogen) atoms. The van der Waals surface area contributed by atoms with Gasteiger partial charge < -0.3 is 10.2 Å². The van der Waals surface area contributed by atoms with Crippen LogP contribution in [0.25, 0.3) is 11.1 Å². The quantitative estimate of drug-likeness (QED) is 0.446. The van der Waals surface area contributed by atoms with E-state index in [1.807, 2.05) is 0 Å². The second kappa shape index (κ2) is 9.82. The van der Waals surface area contributed by atoms with Crippen molar-refractivity contribution in [2.24, 2.45) is 0 Å². The molecule has 0 amide bonds. The topological polar surface area (TPSA) is 53.4 Å². The Kier molecular flexibility index (Phi) is 7.76. The normalized spacial score (nSPS) is 12.4. The molecule has 1 aromatic heterocycles. The number of pyridine rings is 1. The summed E-state index contributed by atoms with van der Waals surface area (Å²) in [7, 11) is 0. The van der Waals surface area contributed by atoms with Gasteiger partial charge >= 0.3 is 0 Å². The summed E-state index contributed by atoms with van der Waals surface area (Å²) in [4.78, 5) is 4.81. The Morgan fingerprint density at radius 3 is 2.26 bits per heavy atom. The highest BCUT2D eigenvalue weighted by Gasteiger charge is 2.24. The van der Waals surface area contributed by atoms with Crippen LogP contribution in [0.15, 0.2) is 36.9 Å². The van der Waals surface area contributed by atoms with Gasteiger partial charge in [0.1, 0.15) is 6.10 Å². The van der Waals surface area contributed by atoms with Gasteiger partial charge in [-0.05, 0) is 42.4 Å². The number of aryl methyl sites for hydroxylation is 1. The van der Waals surface area contributed by atoms with Crippen LogP contribution in [-0.4, -0.2) is 15.2 Å². The predicted molar refractivity (Wildman–Crippen MR) is 113 cm³/mol. The zero-order valence-corrected chi connectivity index (χ0v) is 17.1. The van der Waals surface area contributed by atoms with Gasteiger partial charge in [-0.15, -0.1) is 6.58 Å². The summed E-state index contributed by atoms with van der Waals surface area (Å²) in [5, 5.41) is 20.8. The van der Waals surface area contributed by atoms with Crippen molar-refractivity contribution in [3.05, 3.63) is 65.0 Å². The van der Waals surface area contributed by atoms with Gasteiger partial charge in [0.2, 0.25) is 0 Å². The van der Waals surface area contributed by atoms with E-state index in [1.54, 1.807) is 0 Å². The van der Waals surface area contributed by atoms with E-state index in [-0.39, 0.29) is 12.5 Å². The molecule has 0 radical (unpaired) electrons. The summed E-state index contributed by atoms with van der Waals surface area (Å²) in [6.07, 6.45) is 4.83. The average Bonchev–Trinajstić information content (AvgIpc) is 2.67. The van der Waals surface area contributed by atoms with Crippen LogP contribution in [0, 0.1) is 6.92 Å². The molecule has 2 N–H and O–H groups in total. The van der Waals surface area contributed by atoms with E-state index in [2.05, 4.69) is 58.5 Å². The number of aliphatic hydroxyl groups is 2. The number of benzene rings is 1. The molecule has 1 atom stereocenters. The molecular formula is C24H33NO2. The van der Waals surface area contributed by atoms with Crippen LogP contribution in [0.5, 0.6) is 0 Å². The van der Waals surface area contributed by atoms with Crippen molar-refractivity contribution in [1.29, 1.82) is 0 Å². The standard InChI is InChI=1S/C24H33NO2/c1-6-8-9-10-19-22(18-13-11-17(5)12-14-18)20(15-26)23(16(3)4)25-24(19)21(27)7-2/h7,11-14,16,21,26-27H,2,6,8-10,15H2,1,3-5H3. The minimum absolute atomic E-state index is 0.0606. The minimum Gasteiger partial charge on any atom is -0.392 e. The fourth-order valence-electron chi connectivity index (χ4n) is 3.57. The summed E-state index contributed by atoms with van der Waals surface area (Å²) in [5.41, 5.74) is 6.73. The number of hydrogen-bond donors (Lipinski definition) is 2. The van der Waals surface area contributed by atoms with Crippen molar-refractivity contribution < 1.29 is 10.2 Å². The summed E-state index contributed by atoms with van der Waals surface area (Å²) < 4.78 is 0. The van der Waals surface area contributed by atoms with E-state index in [0.29, 0.717) is 5.69 Å². The van der Waals surface area contributed by atoms with Crippen molar-refractivity contribution in [3.63, 3.8) is 0 Å². The lowest BCUT2D eigenvalue weighted by Gasteiger charge is -2.24. The highest BCUT2D eigenvalue weighted by molar-refractivity contribution is 5.73. The van der Waals surface area contributed by atoms with Crippen molar-refractivity contribution in [1.82, 2.24) is 4.98 Å². The average molecular weight is 368 g/mol. The van der Waals surface area contributed by atoms with Crippen LogP contribution < -0.4 is 0 Å². The molecule has 0 aliphatic heterocycles. The first-order valence-corrected chi connectivity index (χ1v) is 9.98. The van der Waals surface area contributed by atoms with Crippen molar-refractivity contribution in [2.75, 3.05) is 0 Å². The minimum atomic E-state index is -0.809. The zero-order chi connectivity index (χ0) is 20.0. The van der Waals surface area contributed by atoms with Gasteiger partial charge in [0.25, 0.3) is 0 Å². The highest BCUT2D eigenvalue weighted by atomic mass is 16.3. The van der Waals surface area contributed by atoms with Crippen molar-refractivity contribution in [2.45, 2.75) is 72.0 Å². The van der Waals surface area contributed by atoms with Crippen LogP contribution in [0.2, 0.25) is 0 Å². The molecular weight excluding hydrogens is 334 g/mol. The monoisotopic (exact) mass is 367 g/mol. The Morgan fingerprint density at radius 1 is 1.07 bits per heavy atom. The second-order valence-corrected chi connectivity index (χ2v) is 7.53. The maximum atomic E-state index is 10.6. The molecule has 0 aliphatic rings. The molecule has 146 valence electrons. The van der Waals surface area contributed by atoms with Crippen LogP contribution >= 0.6 is 0 Å². The van der Waals surface area contributed by atoms with Crippen molar-refractivity contribution in [3.8, 4) is 11.1 Å². The fraction of sp³-hybridized carbons (Fsp3) is 0.458. The van der Waals surface area contributed by atoms with E-state index in [0.717, 1.165) is 53.6 Å². The van der Waals surface area contributed by atoms with E-state index in [1.165, 1.54) is 11.6 Å². The van der Waals surface area contributed by atoms with Gasteiger partial charge in [0.15, 0.2) is 0 Å². The van der Waals surface area contributed by atoms with E-state index in [9.17, 15) is 10.2 Å². The van der Waals surface area contributed by atoms with Gasteiger partial charge in [-0.25, -0.2) is 0 Å². The van der Waals surface area contributed by atoms with Gasteiger partial charge in [0.05, 0.1) is 12.3 Å². The van der Waals surface area contributed by atoms with Gasteiger partial charge in [-0.2, -0.15) is 0 Å². The Morgan fingerprint density at radius 2 is 1.74 bits per heavy atom. The molecule has 0 bridgehead atoms. The number of unbranched alkanes of at least 4 members (excludes halogenated alkanes) is 2. The second-order valence-electron chi connectivity index (χ2n) is 7.53. The summed E-state index contributed by atoms with van der Waals surface area (Å²) in [6, 6.07) is 8.37. The number of aliphatic hydroxyl groups excluding tert-OH is 2. The largest absolute Gasteiger partial charge is 0.392 e. The lowest BCUT2D eigenvalue weighted by Crippen LogP contribution is -2.13. The molecule has 0 spiro atoms. The van der Waals surface area contributed by atoms with E-state index in [4.69, 9.17) is 4.98 Å². The number of hydrogen-bond acceptors (Lipinski definition) is 3. The number of nitrogens with zero attached hydrogens (tertiary/aromatic N) is 1. The Bertz CT molecular complexity index is 763. The maximum absolute atomic E-state index is 10.6. The third kappa shape index (κ3) is 4.85. The molecule has 0 saturated heterocycles. The fourth-order valence-corrected chi connectivity index (χ4v) is 3.57. The third-order valence-electron chi connectivity index (χ3n) is 5.04. The first-order valence-electron chi connectivity index (χ1n) is 9.98. The van der Waals surface area contributed by atoms with Crippen LogP contribution in [0.4, 0.5) is 0 Å². The smallest absolute Gasteiger partial charge is 0.114 e. The molecule has 1 aromatic carbocycles. The van der Waals surface area contributed by atoms with Crippen LogP contribution in [-0.2, 0) is 13.0 Å². The molecule has 2 aromatic rings. The third-order valence-corrected chi connectivity index (χ3v) is 5.04. The first kappa shape index (κ1) is 21.3. The molecule has 1 unspecified atom stereocenters. The molecule has 3 heteroatoms. The number of rotatable bonds is 9. The SMILES string of the molecule is C=CC(O)c1nc(C(C)C)c(CO)c(-c2ccc(C)cc2)c1CCCCC. The van der Waals surface area contributed by atoms with Gasteiger partial charge in [0, 0.05) is 11.3 Å². The van der Waals surface area contributed by atoms with E-state index >= 15 is 0 Å². The lowest BCUT2D eigenvalue weighted by atomic mass is 9.86. The summed E-state index contributed by atoms with van der Waals surface area (Å²) in [6.45, 7) is 12.1. The van der Waals surface area contributed by atoms with Crippen LogP contribution in [0.3, 0.4) is 0 Å². The Hall–Kier alpha value is -1.97. The molecule has 2 rings (SSSR count). The molecule has 3 nitrogen and oxygen atoms in total. The highest BCUT2D eigenvalue weighted by Crippen LogP contribution is 2.37. The predicted octanol–water partition coefficient (Wildman–Crippen LogP) is 5.62. The van der Waals surface area contributed by atoms with Crippen molar-refractivity contribution >= 4 is 0 Å². The lowest BCUT2D eigenvalue weighted by molar-refractivity contribution is 0.221. The number of aromatic nitrogens is 1. The molecule has 0 fully saturated rings. The van der Waals surface area contributed by atoms with Crippen LogP contribution in [0.1, 0.15) is 80.1 Å². The first-order chi connectivity index (χ1) is 12.9. The van der Waals surface area contributed by atoms with Gasteiger partial charge in [-0.3, -0.25) is 4.98 Å². The Labute approximate surface area is 163 Å². The molecule has 0 aliphatic carbocycles. The summed E-state index contributed by atoms with van der Waals surface area (Å²) in [5.74, 6) is 0.150. The van der Waals surface area contributed by atoms with E-state index < -0.39 is 6.10 Å². The Balaban J connectivity index is 2.81.